The molecular formula is C22H20N4O2S. The lowest BCUT2D eigenvalue weighted by Crippen LogP contribution is -2.30. The number of rotatable bonds is 4. The van der Waals surface area contributed by atoms with E-state index in [1.165, 1.54) is 16.0 Å². The van der Waals surface area contributed by atoms with Gasteiger partial charge in [0, 0.05) is 11.3 Å². The van der Waals surface area contributed by atoms with Crippen LogP contribution in [0.4, 0.5) is 5.69 Å². The van der Waals surface area contributed by atoms with Gasteiger partial charge in [-0.05, 0) is 44.0 Å². The van der Waals surface area contributed by atoms with Crippen LogP contribution >= 0.6 is 11.3 Å². The highest BCUT2D eigenvalue weighted by molar-refractivity contribution is 7.19. The fraction of sp³-hybridized carbons (Fsp3) is 0.182. The lowest BCUT2D eigenvalue weighted by Gasteiger charge is -2.10. The van der Waals surface area contributed by atoms with Gasteiger partial charge in [0.15, 0.2) is 5.52 Å². The molecule has 1 N–H and O–H groups in total. The highest BCUT2D eigenvalue weighted by Gasteiger charge is 2.18. The molecule has 0 fully saturated rings. The summed E-state index contributed by atoms with van der Waals surface area (Å²) in [5, 5.41) is 8.16. The number of thiazole rings is 1. The molecule has 6 nitrogen and oxygen atoms in total. The van der Waals surface area contributed by atoms with Crippen LogP contribution in [0.5, 0.6) is 0 Å². The first-order valence-corrected chi connectivity index (χ1v) is 10.0. The standard InChI is InChI=1S/C22H20N4O2S/c1-13-9-14(2)11-17(10-13)24-18(27)12-26-22(28)20-21(29-15(3)23-20)19(25-26)16-7-5-4-6-8-16/h4-11H,12H2,1-3H3,(H,24,27). The molecule has 0 aliphatic rings. The van der Waals surface area contributed by atoms with E-state index in [1.54, 1.807) is 0 Å². The summed E-state index contributed by atoms with van der Waals surface area (Å²) in [5.41, 5.74) is 4.34. The van der Waals surface area contributed by atoms with E-state index in [-0.39, 0.29) is 18.0 Å². The SMILES string of the molecule is Cc1cc(C)cc(NC(=O)Cn2nc(-c3ccccc3)c3sc(C)nc3c2=O)c1. The van der Waals surface area contributed by atoms with E-state index in [0.717, 1.165) is 26.4 Å². The maximum absolute atomic E-state index is 12.9. The Bertz CT molecular complexity index is 1260. The van der Waals surface area contributed by atoms with Crippen LogP contribution in [-0.4, -0.2) is 20.7 Å². The summed E-state index contributed by atoms with van der Waals surface area (Å²) in [7, 11) is 0. The zero-order valence-electron chi connectivity index (χ0n) is 16.4. The lowest BCUT2D eigenvalue weighted by atomic mass is 10.1. The monoisotopic (exact) mass is 404 g/mol. The van der Waals surface area contributed by atoms with E-state index in [1.807, 2.05) is 69.3 Å². The molecule has 0 aliphatic carbocycles. The van der Waals surface area contributed by atoms with E-state index in [0.29, 0.717) is 16.9 Å². The van der Waals surface area contributed by atoms with Crippen LogP contribution in [0.25, 0.3) is 21.5 Å². The number of nitrogens with one attached hydrogen (secondary N) is 1. The fourth-order valence-corrected chi connectivity index (χ4v) is 4.26. The average Bonchev–Trinajstić information content (AvgIpc) is 3.06. The number of hydrogen-bond acceptors (Lipinski definition) is 5. The van der Waals surface area contributed by atoms with E-state index < -0.39 is 0 Å². The first-order valence-electron chi connectivity index (χ1n) is 9.22. The minimum absolute atomic E-state index is 0.182. The Morgan fingerprint density at radius 2 is 1.76 bits per heavy atom. The molecule has 2 aromatic carbocycles. The number of carbonyl (C=O) groups is 1. The number of aromatic nitrogens is 3. The van der Waals surface area contributed by atoms with E-state index in [2.05, 4.69) is 15.4 Å². The van der Waals surface area contributed by atoms with Gasteiger partial charge in [0.1, 0.15) is 12.2 Å². The highest BCUT2D eigenvalue weighted by atomic mass is 32.1. The Balaban J connectivity index is 1.73. The number of benzene rings is 2. The van der Waals surface area contributed by atoms with Crippen LogP contribution in [0.15, 0.2) is 53.3 Å². The van der Waals surface area contributed by atoms with E-state index in [9.17, 15) is 9.59 Å². The van der Waals surface area contributed by atoms with Gasteiger partial charge < -0.3 is 5.32 Å². The predicted octanol–water partition coefficient (Wildman–Crippen LogP) is 4.08. The van der Waals surface area contributed by atoms with Crippen LogP contribution in [0, 0.1) is 20.8 Å². The summed E-state index contributed by atoms with van der Waals surface area (Å²) in [6, 6.07) is 15.4. The summed E-state index contributed by atoms with van der Waals surface area (Å²) in [6.07, 6.45) is 0. The minimum Gasteiger partial charge on any atom is -0.324 e. The highest BCUT2D eigenvalue weighted by Crippen LogP contribution is 2.29. The molecule has 7 heteroatoms. The van der Waals surface area contributed by atoms with Gasteiger partial charge in [0.25, 0.3) is 5.56 Å². The summed E-state index contributed by atoms with van der Waals surface area (Å²) >= 11 is 1.43. The van der Waals surface area contributed by atoms with Crippen molar-refractivity contribution < 1.29 is 4.79 Å². The zero-order valence-corrected chi connectivity index (χ0v) is 17.2. The van der Waals surface area contributed by atoms with E-state index in [4.69, 9.17) is 0 Å². The number of anilines is 1. The van der Waals surface area contributed by atoms with Gasteiger partial charge in [-0.15, -0.1) is 11.3 Å². The Kier molecular flexibility index (Phi) is 4.98. The Morgan fingerprint density at radius 3 is 2.45 bits per heavy atom. The van der Waals surface area contributed by atoms with Gasteiger partial charge in [0.2, 0.25) is 5.91 Å². The van der Waals surface area contributed by atoms with Crippen molar-refractivity contribution >= 4 is 33.1 Å². The number of fused-ring (bicyclic) bond motifs is 1. The third kappa shape index (κ3) is 3.95. The molecular weight excluding hydrogens is 384 g/mol. The van der Waals surface area contributed by atoms with Crippen LogP contribution < -0.4 is 10.9 Å². The Morgan fingerprint density at radius 1 is 1.07 bits per heavy atom. The van der Waals surface area contributed by atoms with Crippen LogP contribution in [0.3, 0.4) is 0 Å². The van der Waals surface area contributed by atoms with Gasteiger partial charge in [-0.25, -0.2) is 9.67 Å². The zero-order chi connectivity index (χ0) is 20.5. The molecule has 0 aliphatic heterocycles. The van der Waals surface area contributed by atoms with Gasteiger partial charge in [-0.3, -0.25) is 9.59 Å². The predicted molar refractivity (Wildman–Crippen MR) is 116 cm³/mol. The first kappa shape index (κ1) is 19.0. The molecule has 2 heterocycles. The normalized spacial score (nSPS) is 11.0. The van der Waals surface area contributed by atoms with E-state index >= 15 is 0 Å². The molecule has 0 saturated heterocycles. The van der Waals surface area contributed by atoms with Crippen molar-refractivity contribution in [3.8, 4) is 11.3 Å². The molecule has 29 heavy (non-hydrogen) atoms. The Hall–Kier alpha value is -3.32. The maximum atomic E-state index is 12.9. The van der Waals surface area contributed by atoms with Crippen molar-refractivity contribution in [2.24, 2.45) is 0 Å². The average molecular weight is 404 g/mol. The van der Waals surface area contributed by atoms with Crippen molar-refractivity contribution in [1.82, 2.24) is 14.8 Å². The van der Waals surface area contributed by atoms with Crippen molar-refractivity contribution in [3.63, 3.8) is 0 Å². The van der Waals surface area contributed by atoms with Crippen molar-refractivity contribution in [1.29, 1.82) is 0 Å². The minimum atomic E-state index is -0.361. The Labute approximate surface area is 171 Å². The molecule has 0 spiro atoms. The molecule has 0 unspecified atom stereocenters. The lowest BCUT2D eigenvalue weighted by molar-refractivity contribution is -0.117. The van der Waals surface area contributed by atoms with Crippen molar-refractivity contribution in [3.05, 3.63) is 75.0 Å². The second kappa shape index (κ2) is 7.60. The molecule has 0 saturated carbocycles. The third-order valence-electron chi connectivity index (χ3n) is 4.45. The molecule has 2 aromatic heterocycles. The summed E-state index contributed by atoms with van der Waals surface area (Å²) in [4.78, 5) is 29.9. The maximum Gasteiger partial charge on any atom is 0.294 e. The van der Waals surface area contributed by atoms with Crippen LogP contribution in [0.1, 0.15) is 16.1 Å². The number of hydrogen-bond donors (Lipinski definition) is 1. The number of nitrogens with zero attached hydrogens (tertiary/aromatic N) is 3. The molecule has 0 atom stereocenters. The molecule has 0 bridgehead atoms. The van der Waals surface area contributed by atoms with Crippen LogP contribution in [-0.2, 0) is 11.3 Å². The van der Waals surface area contributed by atoms with Gasteiger partial charge >= 0.3 is 0 Å². The molecule has 4 aromatic rings. The summed E-state index contributed by atoms with van der Waals surface area (Å²) in [5.74, 6) is -0.310. The molecule has 1 amide bonds. The summed E-state index contributed by atoms with van der Waals surface area (Å²) in [6.45, 7) is 5.62. The second-order valence-electron chi connectivity index (χ2n) is 7.01. The molecule has 0 radical (unpaired) electrons. The smallest absolute Gasteiger partial charge is 0.294 e. The fourth-order valence-electron chi connectivity index (χ4n) is 3.34. The number of aryl methyl sites for hydroxylation is 3. The third-order valence-corrected chi connectivity index (χ3v) is 5.43. The van der Waals surface area contributed by atoms with Crippen molar-refractivity contribution in [2.45, 2.75) is 27.3 Å². The number of carbonyl (C=O) groups excluding carboxylic acids is 1. The topological polar surface area (TPSA) is 76.9 Å². The quantitative estimate of drug-likeness (QED) is 0.556. The van der Waals surface area contributed by atoms with Crippen molar-refractivity contribution in [2.75, 3.05) is 5.32 Å². The summed E-state index contributed by atoms with van der Waals surface area (Å²) < 4.78 is 1.94. The first-order chi connectivity index (χ1) is 13.9. The second-order valence-corrected chi connectivity index (χ2v) is 8.22. The largest absolute Gasteiger partial charge is 0.324 e. The van der Waals surface area contributed by atoms with Gasteiger partial charge in [-0.1, -0.05) is 36.4 Å². The van der Waals surface area contributed by atoms with Gasteiger partial charge in [0.05, 0.1) is 9.71 Å². The molecule has 4 rings (SSSR count). The van der Waals surface area contributed by atoms with Gasteiger partial charge in [-0.2, -0.15) is 5.10 Å². The molecule has 146 valence electrons. The number of amides is 1. The van der Waals surface area contributed by atoms with Crippen LogP contribution in [0.2, 0.25) is 0 Å².